The van der Waals surface area contributed by atoms with Gasteiger partial charge in [-0.05, 0) is 52.8 Å². The topological polar surface area (TPSA) is 52.0 Å². The van der Waals surface area contributed by atoms with Crippen molar-refractivity contribution in [2.45, 2.75) is 24.8 Å². The Morgan fingerprint density at radius 1 is 0.962 bits per heavy atom. The molecule has 128 valence electrons. The van der Waals surface area contributed by atoms with Gasteiger partial charge in [-0.3, -0.25) is 0 Å². The number of nitrogens with two attached hydrogens (primary N) is 1. The summed E-state index contributed by atoms with van der Waals surface area (Å²) in [6, 6.07) is 23.8. The van der Waals surface area contributed by atoms with Crippen molar-refractivity contribution in [2.24, 2.45) is 5.73 Å². The van der Waals surface area contributed by atoms with Crippen LogP contribution in [0.1, 0.15) is 22.6 Å². The van der Waals surface area contributed by atoms with E-state index in [1.54, 1.807) is 0 Å². The monoisotopic (exact) mass is 340 g/mol. The molecule has 0 bridgehead atoms. The van der Waals surface area contributed by atoms with Gasteiger partial charge >= 0.3 is 0 Å². The average molecular weight is 340 g/mol. The van der Waals surface area contributed by atoms with Crippen LogP contribution in [0, 0.1) is 0 Å². The van der Waals surface area contributed by atoms with E-state index in [0.29, 0.717) is 5.92 Å². The molecule has 26 heavy (non-hydrogen) atoms. The van der Waals surface area contributed by atoms with Crippen LogP contribution in [0.3, 0.4) is 0 Å². The lowest BCUT2D eigenvalue weighted by Gasteiger charge is -2.17. The molecule has 0 spiro atoms. The molecule has 2 N–H and O–H groups in total. The normalized spacial score (nSPS) is 19.0. The van der Waals surface area contributed by atoms with Crippen molar-refractivity contribution in [3.8, 4) is 11.1 Å². The van der Waals surface area contributed by atoms with Crippen LogP contribution >= 0.6 is 0 Å². The lowest BCUT2D eigenvalue weighted by molar-refractivity contribution is 0.570. The summed E-state index contributed by atoms with van der Waals surface area (Å²) in [5.41, 5.74) is 14.6. The largest absolute Gasteiger partial charge is 0.443 e. The molecule has 0 aliphatic heterocycles. The van der Waals surface area contributed by atoms with Crippen LogP contribution in [0.5, 0.6) is 0 Å². The number of hydrogen-bond acceptors (Lipinski definition) is 3. The first kappa shape index (κ1) is 15.4. The maximum atomic E-state index is 6.42. The second-order valence-electron chi connectivity index (χ2n) is 7.11. The molecule has 3 aromatic carbocycles. The van der Waals surface area contributed by atoms with Gasteiger partial charge in [0.05, 0.1) is 0 Å². The number of aromatic nitrogens is 1. The number of hydrogen-bond donors (Lipinski definition) is 1. The molecule has 1 aromatic heterocycles. The van der Waals surface area contributed by atoms with Gasteiger partial charge < -0.3 is 10.2 Å². The molecule has 0 amide bonds. The third-order valence-corrected chi connectivity index (χ3v) is 5.50. The van der Waals surface area contributed by atoms with E-state index < -0.39 is 0 Å². The highest BCUT2D eigenvalue weighted by Crippen LogP contribution is 2.35. The molecule has 1 aliphatic carbocycles. The Bertz CT molecular complexity index is 1060. The second kappa shape index (κ2) is 6.11. The maximum Gasteiger partial charge on any atom is 0.181 e. The van der Waals surface area contributed by atoms with Gasteiger partial charge in [0.15, 0.2) is 12.0 Å². The van der Waals surface area contributed by atoms with Crippen LogP contribution in [0.15, 0.2) is 77.5 Å². The van der Waals surface area contributed by atoms with Crippen molar-refractivity contribution < 1.29 is 4.42 Å². The molecule has 3 nitrogen and oxygen atoms in total. The maximum absolute atomic E-state index is 6.42. The zero-order valence-corrected chi connectivity index (χ0v) is 14.4. The van der Waals surface area contributed by atoms with Crippen LogP contribution in [-0.2, 0) is 12.8 Å². The fourth-order valence-electron chi connectivity index (χ4n) is 4.09. The Hall–Kier alpha value is -2.91. The third kappa shape index (κ3) is 2.61. The minimum atomic E-state index is 0.210. The van der Waals surface area contributed by atoms with E-state index in [4.69, 9.17) is 10.2 Å². The number of nitrogens with zero attached hydrogens (tertiary/aromatic N) is 1. The summed E-state index contributed by atoms with van der Waals surface area (Å²) >= 11 is 0. The zero-order chi connectivity index (χ0) is 17.5. The number of rotatable bonds is 3. The molecule has 0 radical (unpaired) electrons. The summed E-state index contributed by atoms with van der Waals surface area (Å²) in [7, 11) is 0. The summed E-state index contributed by atoms with van der Waals surface area (Å²) in [5, 5.41) is 0. The highest BCUT2D eigenvalue weighted by molar-refractivity contribution is 5.80. The quantitative estimate of drug-likeness (QED) is 0.588. The Morgan fingerprint density at radius 3 is 2.65 bits per heavy atom. The molecule has 0 saturated heterocycles. The molecule has 2 unspecified atom stereocenters. The van der Waals surface area contributed by atoms with E-state index >= 15 is 0 Å². The van der Waals surface area contributed by atoms with Crippen molar-refractivity contribution in [3.05, 3.63) is 89.8 Å². The number of fused-ring (bicyclic) bond motifs is 2. The van der Waals surface area contributed by atoms with Gasteiger partial charge in [0.2, 0.25) is 0 Å². The number of oxazole rings is 1. The van der Waals surface area contributed by atoms with Crippen molar-refractivity contribution in [1.82, 2.24) is 4.98 Å². The molecule has 0 fully saturated rings. The van der Waals surface area contributed by atoms with Crippen LogP contribution in [-0.4, -0.2) is 11.0 Å². The van der Waals surface area contributed by atoms with Gasteiger partial charge in [-0.25, -0.2) is 4.98 Å². The van der Waals surface area contributed by atoms with E-state index in [-0.39, 0.29) is 6.04 Å². The zero-order valence-electron chi connectivity index (χ0n) is 14.4. The van der Waals surface area contributed by atoms with Gasteiger partial charge in [0, 0.05) is 12.0 Å². The smallest absolute Gasteiger partial charge is 0.181 e. The first-order valence-electron chi connectivity index (χ1n) is 9.04. The second-order valence-corrected chi connectivity index (χ2v) is 7.11. The van der Waals surface area contributed by atoms with Crippen molar-refractivity contribution in [3.63, 3.8) is 0 Å². The summed E-state index contributed by atoms with van der Waals surface area (Å²) < 4.78 is 5.32. The van der Waals surface area contributed by atoms with E-state index in [2.05, 4.69) is 65.6 Å². The molecular formula is C23H20N2O. The highest BCUT2D eigenvalue weighted by Gasteiger charge is 2.29. The van der Waals surface area contributed by atoms with E-state index in [9.17, 15) is 0 Å². The summed E-state index contributed by atoms with van der Waals surface area (Å²) in [6.07, 6.45) is 3.46. The van der Waals surface area contributed by atoms with E-state index in [1.165, 1.54) is 28.6 Å². The Kier molecular flexibility index (Phi) is 3.61. The van der Waals surface area contributed by atoms with Gasteiger partial charge in [-0.1, -0.05) is 54.6 Å². The first-order valence-corrected chi connectivity index (χ1v) is 9.04. The highest BCUT2D eigenvalue weighted by atomic mass is 16.3. The first-order chi connectivity index (χ1) is 12.8. The van der Waals surface area contributed by atoms with Crippen molar-refractivity contribution in [2.75, 3.05) is 0 Å². The van der Waals surface area contributed by atoms with Crippen molar-refractivity contribution in [1.29, 1.82) is 0 Å². The van der Waals surface area contributed by atoms with Gasteiger partial charge in [-0.15, -0.1) is 0 Å². The molecule has 5 rings (SSSR count). The van der Waals surface area contributed by atoms with Crippen LogP contribution in [0.4, 0.5) is 0 Å². The molecule has 0 saturated carbocycles. The average Bonchev–Trinajstić information content (AvgIpc) is 3.26. The summed E-state index contributed by atoms with van der Waals surface area (Å²) in [4.78, 5) is 4.24. The predicted molar refractivity (Wildman–Crippen MR) is 104 cm³/mol. The molecule has 4 aromatic rings. The van der Waals surface area contributed by atoms with Gasteiger partial charge in [-0.2, -0.15) is 0 Å². The summed E-state index contributed by atoms with van der Waals surface area (Å²) in [6.45, 7) is 0. The lowest BCUT2D eigenvalue weighted by Crippen LogP contribution is -2.26. The summed E-state index contributed by atoms with van der Waals surface area (Å²) in [5.74, 6) is 0.406. The fourth-order valence-corrected chi connectivity index (χ4v) is 4.09. The Balaban J connectivity index is 1.40. The lowest BCUT2D eigenvalue weighted by atomic mass is 9.90. The van der Waals surface area contributed by atoms with Crippen molar-refractivity contribution >= 4 is 11.1 Å². The molecular weight excluding hydrogens is 320 g/mol. The van der Waals surface area contributed by atoms with Gasteiger partial charge in [0.1, 0.15) is 5.52 Å². The minimum Gasteiger partial charge on any atom is -0.443 e. The third-order valence-electron chi connectivity index (χ3n) is 5.50. The SMILES string of the molecule is NC1Cc2ccccc2C1Cc1ccc(-c2ccc3ocnc3c2)cc1. The molecule has 3 heteroatoms. The standard InChI is InChI=1S/C23H20N2O/c24-21-12-18-3-1-2-4-19(18)20(21)11-15-5-7-16(8-6-15)17-9-10-23-22(13-17)25-14-26-23/h1-10,13-14,20-21H,11-12,24H2. The molecule has 2 atom stereocenters. The number of benzene rings is 3. The predicted octanol–water partition coefficient (Wildman–Crippen LogP) is 4.70. The van der Waals surface area contributed by atoms with Gasteiger partial charge in [0.25, 0.3) is 0 Å². The van der Waals surface area contributed by atoms with Crippen LogP contribution in [0.2, 0.25) is 0 Å². The van der Waals surface area contributed by atoms with E-state index in [1.807, 2.05) is 6.07 Å². The van der Waals surface area contributed by atoms with E-state index in [0.717, 1.165) is 29.5 Å². The Morgan fingerprint density at radius 2 is 1.77 bits per heavy atom. The molecule has 1 aliphatic rings. The molecule has 1 heterocycles. The van der Waals surface area contributed by atoms with Crippen LogP contribution in [0.25, 0.3) is 22.2 Å². The Labute approximate surface area is 152 Å². The fraction of sp³-hybridized carbons (Fsp3) is 0.174. The van der Waals surface area contributed by atoms with Crippen LogP contribution < -0.4 is 5.73 Å². The minimum absolute atomic E-state index is 0.210.